The van der Waals surface area contributed by atoms with Crippen LogP contribution < -0.4 is 16.4 Å². The zero-order valence-electron chi connectivity index (χ0n) is 21.9. The summed E-state index contributed by atoms with van der Waals surface area (Å²) in [5.41, 5.74) is 9.99. The predicted octanol–water partition coefficient (Wildman–Crippen LogP) is 4.67. The Kier molecular flexibility index (Phi) is 8.30. The number of carboxylic acid groups (broad SMARTS) is 1. The Hall–Kier alpha value is -4.24. The number of aliphatic carboxylic acids is 1. The molecule has 1 aliphatic rings. The van der Waals surface area contributed by atoms with Crippen molar-refractivity contribution in [3.8, 4) is 11.1 Å². The molecule has 3 aromatic carbocycles. The Morgan fingerprint density at radius 3 is 2.23 bits per heavy atom. The molecule has 0 aliphatic heterocycles. The average molecular weight is 534 g/mol. The Morgan fingerprint density at radius 2 is 1.64 bits per heavy atom. The summed E-state index contributed by atoms with van der Waals surface area (Å²) in [6, 6.07) is 19.7. The van der Waals surface area contributed by atoms with E-state index in [1.54, 1.807) is 19.9 Å². The summed E-state index contributed by atoms with van der Waals surface area (Å²) in [5, 5.41) is 14.1. The lowest BCUT2D eigenvalue weighted by atomic mass is 9.84. The highest BCUT2D eigenvalue weighted by molar-refractivity contribution is 5.94. The molecule has 204 valence electrons. The minimum Gasteiger partial charge on any atom is -0.481 e. The van der Waals surface area contributed by atoms with Crippen LogP contribution >= 0.6 is 0 Å². The molecule has 2 amide bonds. The third-order valence-electron chi connectivity index (χ3n) is 6.89. The second kappa shape index (κ2) is 11.7. The van der Waals surface area contributed by atoms with Crippen molar-refractivity contribution in [2.45, 2.75) is 38.6 Å². The summed E-state index contributed by atoms with van der Waals surface area (Å²) in [5.74, 6) is -2.33. The topological polar surface area (TPSA) is 131 Å². The monoisotopic (exact) mass is 533 g/mol. The molecule has 0 bridgehead atoms. The van der Waals surface area contributed by atoms with E-state index >= 15 is 0 Å². The number of carbonyl (C=O) groups is 3. The highest BCUT2D eigenvalue weighted by Gasteiger charge is 2.30. The molecule has 0 saturated carbocycles. The fourth-order valence-corrected chi connectivity index (χ4v) is 4.90. The van der Waals surface area contributed by atoms with Crippen molar-refractivity contribution in [2.75, 3.05) is 18.5 Å². The molecule has 0 aromatic heterocycles. The van der Waals surface area contributed by atoms with Gasteiger partial charge in [0.2, 0.25) is 5.91 Å². The molecule has 8 nitrogen and oxygen atoms in total. The molecule has 4 rings (SSSR count). The van der Waals surface area contributed by atoms with Crippen LogP contribution in [0.15, 0.2) is 66.7 Å². The highest BCUT2D eigenvalue weighted by Crippen LogP contribution is 2.44. The molecule has 0 spiro atoms. The molecule has 3 aromatic rings. The Labute approximate surface area is 226 Å². The maximum Gasteiger partial charge on any atom is 0.407 e. The number of fused-ring (bicyclic) bond motifs is 3. The first-order chi connectivity index (χ1) is 18.5. The number of ether oxygens (including phenoxy) is 1. The molecular formula is C30H32FN3O5. The zero-order valence-corrected chi connectivity index (χ0v) is 21.9. The van der Waals surface area contributed by atoms with Gasteiger partial charge in [-0.15, -0.1) is 0 Å². The molecule has 39 heavy (non-hydrogen) atoms. The van der Waals surface area contributed by atoms with Gasteiger partial charge in [-0.3, -0.25) is 9.59 Å². The van der Waals surface area contributed by atoms with Gasteiger partial charge in [0, 0.05) is 12.0 Å². The van der Waals surface area contributed by atoms with Crippen LogP contribution in [0.5, 0.6) is 0 Å². The first-order valence-corrected chi connectivity index (χ1v) is 12.7. The van der Waals surface area contributed by atoms with Crippen molar-refractivity contribution in [3.05, 3.63) is 89.2 Å². The summed E-state index contributed by atoms with van der Waals surface area (Å²) in [6.07, 6.45) is -0.240. The Bertz CT molecular complexity index is 1350. The number of benzene rings is 3. The average Bonchev–Trinajstić information content (AvgIpc) is 3.21. The number of amides is 2. The lowest BCUT2D eigenvalue weighted by Crippen LogP contribution is -2.34. The fourth-order valence-electron chi connectivity index (χ4n) is 4.90. The van der Waals surface area contributed by atoms with Crippen LogP contribution in [0.3, 0.4) is 0 Å². The molecule has 5 N–H and O–H groups in total. The van der Waals surface area contributed by atoms with Crippen LogP contribution in [-0.4, -0.2) is 42.3 Å². The maximum atomic E-state index is 14.6. The van der Waals surface area contributed by atoms with E-state index in [0.29, 0.717) is 5.56 Å². The van der Waals surface area contributed by atoms with E-state index in [9.17, 15) is 23.9 Å². The van der Waals surface area contributed by atoms with Crippen LogP contribution in [0.2, 0.25) is 0 Å². The second-order valence-electron chi connectivity index (χ2n) is 10.4. The van der Waals surface area contributed by atoms with Gasteiger partial charge in [0.05, 0.1) is 11.1 Å². The molecule has 9 heteroatoms. The number of carboxylic acids is 1. The zero-order chi connectivity index (χ0) is 28.2. The summed E-state index contributed by atoms with van der Waals surface area (Å²) in [7, 11) is 0. The maximum absolute atomic E-state index is 14.6. The van der Waals surface area contributed by atoms with Crippen LogP contribution in [0, 0.1) is 11.2 Å². The first-order valence-electron chi connectivity index (χ1n) is 12.7. The van der Waals surface area contributed by atoms with Gasteiger partial charge in [0.15, 0.2) is 0 Å². The van der Waals surface area contributed by atoms with E-state index in [0.717, 1.165) is 22.3 Å². The number of alkyl carbamates (subject to hydrolysis) is 1. The van der Waals surface area contributed by atoms with E-state index < -0.39 is 41.8 Å². The second-order valence-corrected chi connectivity index (χ2v) is 10.4. The van der Waals surface area contributed by atoms with Crippen molar-refractivity contribution in [1.82, 2.24) is 5.32 Å². The normalized spacial score (nSPS) is 13.2. The minimum atomic E-state index is -0.994. The number of hydrogen-bond donors (Lipinski definition) is 4. The molecule has 0 radical (unpaired) electrons. The molecule has 1 atom stereocenters. The third kappa shape index (κ3) is 6.61. The van der Waals surface area contributed by atoms with Gasteiger partial charge < -0.3 is 26.2 Å². The van der Waals surface area contributed by atoms with Gasteiger partial charge >= 0.3 is 12.1 Å². The van der Waals surface area contributed by atoms with Crippen LogP contribution in [0.4, 0.5) is 14.9 Å². The Morgan fingerprint density at radius 1 is 1.03 bits per heavy atom. The lowest BCUT2D eigenvalue weighted by Gasteiger charge is -2.23. The largest absolute Gasteiger partial charge is 0.481 e. The summed E-state index contributed by atoms with van der Waals surface area (Å²) >= 11 is 0. The number of nitrogens with two attached hydrogens (primary N) is 1. The summed E-state index contributed by atoms with van der Waals surface area (Å²) < 4.78 is 20.0. The van der Waals surface area contributed by atoms with Gasteiger partial charge in [-0.1, -0.05) is 54.6 Å². The smallest absolute Gasteiger partial charge is 0.407 e. The number of nitrogens with one attached hydrogen (secondary N) is 2. The number of carbonyl (C=O) groups excluding carboxylic acids is 2. The Balaban J connectivity index is 1.26. The van der Waals surface area contributed by atoms with Gasteiger partial charge in [0.25, 0.3) is 0 Å². The predicted molar refractivity (Wildman–Crippen MR) is 146 cm³/mol. The SMILES string of the molecule is CC(C)(CC(N)Cc1ccc(NC(=O)CNC(=O)OCC2c3ccccc3-c3ccccc32)c(F)c1)C(=O)O. The summed E-state index contributed by atoms with van der Waals surface area (Å²) in [4.78, 5) is 35.9. The molecule has 0 saturated heterocycles. The van der Waals surface area contributed by atoms with Gasteiger partial charge in [-0.2, -0.15) is 0 Å². The van der Waals surface area contributed by atoms with E-state index in [2.05, 4.69) is 10.6 Å². The number of anilines is 1. The van der Waals surface area contributed by atoms with E-state index in [-0.39, 0.29) is 31.1 Å². The number of halogens is 1. The molecule has 1 unspecified atom stereocenters. The van der Waals surface area contributed by atoms with E-state index in [1.807, 2.05) is 48.5 Å². The molecular weight excluding hydrogens is 501 g/mol. The van der Waals surface area contributed by atoms with E-state index in [4.69, 9.17) is 10.5 Å². The number of rotatable bonds is 10. The van der Waals surface area contributed by atoms with Gasteiger partial charge in [0.1, 0.15) is 19.0 Å². The fraction of sp³-hybridized carbons (Fsp3) is 0.300. The van der Waals surface area contributed by atoms with Crippen molar-refractivity contribution in [3.63, 3.8) is 0 Å². The first kappa shape index (κ1) is 27.8. The molecule has 0 heterocycles. The van der Waals surface area contributed by atoms with Crippen LogP contribution in [0.1, 0.15) is 42.9 Å². The molecule has 1 aliphatic carbocycles. The van der Waals surface area contributed by atoms with Crippen molar-refractivity contribution < 1.29 is 28.6 Å². The minimum absolute atomic E-state index is 0.0440. The molecule has 0 fully saturated rings. The third-order valence-corrected chi connectivity index (χ3v) is 6.89. The van der Waals surface area contributed by atoms with E-state index in [1.165, 1.54) is 12.1 Å². The van der Waals surface area contributed by atoms with Crippen LogP contribution in [0.25, 0.3) is 11.1 Å². The van der Waals surface area contributed by atoms with Crippen molar-refractivity contribution in [1.29, 1.82) is 0 Å². The van der Waals surface area contributed by atoms with Crippen molar-refractivity contribution in [2.24, 2.45) is 11.1 Å². The summed E-state index contributed by atoms with van der Waals surface area (Å²) in [6.45, 7) is 2.90. The number of hydrogen-bond acceptors (Lipinski definition) is 5. The van der Waals surface area contributed by atoms with Gasteiger partial charge in [-0.05, 0) is 66.6 Å². The van der Waals surface area contributed by atoms with Crippen molar-refractivity contribution >= 4 is 23.7 Å². The highest BCUT2D eigenvalue weighted by atomic mass is 19.1. The quantitative estimate of drug-likeness (QED) is 0.300. The van der Waals surface area contributed by atoms with Crippen LogP contribution in [-0.2, 0) is 20.7 Å². The standard InChI is InChI=1S/C30H32FN3O5/c1-30(2,28(36)37)15-19(32)13-18-11-12-26(25(31)14-18)34-27(35)16-33-29(38)39-17-24-22-9-5-3-7-20(22)21-8-4-6-10-23(21)24/h3-12,14,19,24H,13,15-17,32H2,1-2H3,(H,33,38)(H,34,35)(H,36,37). The lowest BCUT2D eigenvalue weighted by molar-refractivity contribution is -0.147. The van der Waals surface area contributed by atoms with Gasteiger partial charge in [-0.25, -0.2) is 9.18 Å².